The predicted molar refractivity (Wildman–Crippen MR) is 258 cm³/mol. The van der Waals surface area contributed by atoms with Crippen molar-refractivity contribution in [3.63, 3.8) is 0 Å². The number of thiophene rings is 1. The first-order valence-corrected chi connectivity index (χ1v) is 26.8. The maximum atomic E-state index is 17.9. The summed E-state index contributed by atoms with van der Waals surface area (Å²) >= 11 is 7.31. The highest BCUT2D eigenvalue weighted by molar-refractivity contribution is 9.14. The molecule has 386 valence electrons. The molecule has 6 aliphatic rings. The summed E-state index contributed by atoms with van der Waals surface area (Å²) in [7, 11) is -5.13. The fourth-order valence-electron chi connectivity index (χ4n) is 11.6. The zero-order valence-corrected chi connectivity index (χ0v) is 43.4. The zero-order valence-electron chi connectivity index (χ0n) is 38.6. The minimum Gasteiger partial charge on any atom is -0.481 e. The lowest BCUT2D eigenvalue weighted by atomic mass is 9.44. The largest absolute Gasteiger partial charge is 0.481 e. The first-order valence-electron chi connectivity index (χ1n) is 22.9. The standard InChI is InChI=1S/C47H50Br2FN4O16PS/c1-44-15-13-26(55)18-24(44)5-9-28-29-19-34-47(33(57)22-68-71(65,66)67,45(29,2)20-32(56)46(28,44)50)70-43(69-34)31-11-8-27(72-31)17-23-3-6-25(7-4-23)52-40(62)30(10-12-37(60)61)53-36(59)21-51-35(58)14-16-54-41(63)38(48)39(49)42(54)64/h3-4,6-8,11,13,15,18,28-30,32,34,43,56H,5,9-10,12,14,16-17,19-22H2,1-2H3,(H,51,58)(H,52,62)(H,53,59)(H,60,61)(H2,65,66,67)/t28-,29-,30-,32-,34+,43+,44-,45-,46-,47+/m0/s1. The number of aliphatic hydroxyl groups is 1. The zero-order chi connectivity index (χ0) is 52.3. The molecule has 1 aromatic heterocycles. The van der Waals surface area contributed by atoms with Gasteiger partial charge in [0.2, 0.25) is 17.7 Å². The molecule has 10 atom stereocenters. The number of phosphoric ester groups is 1. The molecule has 4 fully saturated rings. The summed E-state index contributed by atoms with van der Waals surface area (Å²) in [6, 6.07) is 8.96. The van der Waals surface area contributed by atoms with Gasteiger partial charge in [0, 0.05) is 53.1 Å². The van der Waals surface area contributed by atoms with Gasteiger partial charge in [-0.3, -0.25) is 47.8 Å². The number of carbonyl (C=O) groups is 8. The van der Waals surface area contributed by atoms with Gasteiger partial charge >= 0.3 is 13.8 Å². The molecule has 7 N–H and O–H groups in total. The fraction of sp³-hybridized carbons (Fsp3) is 0.489. The molecule has 0 radical (unpaired) electrons. The Bertz CT molecular complexity index is 2760. The molecule has 20 nitrogen and oxygen atoms in total. The van der Waals surface area contributed by atoms with Crippen LogP contribution in [0.15, 0.2) is 69.2 Å². The summed E-state index contributed by atoms with van der Waals surface area (Å²) < 4.78 is 47.7. The smallest absolute Gasteiger partial charge is 0.470 e. The SMILES string of the molecule is C[C@]12C=CC(=O)C=C1CC[C@H]1[C@@H]3C[C@H]4O[C@@H](c5ccc(Cc6ccc(NC(=O)[C@H](CCC(=O)O)NC(=O)CNC(=O)CCN7C(=O)C(Br)=C(Br)C7=O)cc6)s5)O[C@@]4(C(=O)COP(=O)(O)O)[C@@]3(C)C[C@H](O)[C@@]12F. The van der Waals surface area contributed by atoms with E-state index in [1.54, 1.807) is 44.2 Å². The number of carboxylic acid groups (broad SMARTS) is 1. The van der Waals surface area contributed by atoms with Crippen LogP contribution in [0, 0.1) is 22.7 Å². The lowest BCUT2D eigenvalue weighted by molar-refractivity contribution is -0.231. The van der Waals surface area contributed by atoms with Crippen LogP contribution in [-0.2, 0) is 63.3 Å². The van der Waals surface area contributed by atoms with Crippen LogP contribution >= 0.6 is 51.0 Å². The van der Waals surface area contributed by atoms with Crippen molar-refractivity contribution in [3.8, 4) is 0 Å². The van der Waals surface area contributed by atoms with E-state index >= 15 is 4.39 Å². The highest BCUT2D eigenvalue weighted by Gasteiger charge is 2.79. The number of rotatable bonds is 18. The molecule has 25 heteroatoms. The number of nitrogens with zero attached hydrogens (tertiary/aromatic N) is 1. The minimum atomic E-state index is -5.13. The number of hydrogen-bond acceptors (Lipinski definition) is 14. The van der Waals surface area contributed by atoms with Crippen molar-refractivity contribution >= 4 is 104 Å². The van der Waals surface area contributed by atoms with E-state index < -0.39 is 127 Å². The van der Waals surface area contributed by atoms with Crippen LogP contribution in [0.5, 0.6) is 0 Å². The average Bonchev–Trinajstić information content (AvgIpc) is 4.05. The second-order valence-corrected chi connectivity index (χ2v) is 23.2. The number of anilines is 1. The number of benzene rings is 1. The maximum Gasteiger partial charge on any atom is 0.470 e. The highest BCUT2D eigenvalue weighted by Crippen LogP contribution is 2.72. The molecule has 0 unspecified atom stereocenters. The van der Waals surface area contributed by atoms with Crippen LogP contribution in [0.3, 0.4) is 0 Å². The Hall–Kier alpha value is -4.62. The molecule has 2 aliphatic heterocycles. The van der Waals surface area contributed by atoms with Crippen molar-refractivity contribution in [2.45, 2.75) is 101 Å². The number of nitrogens with one attached hydrogen (secondary N) is 3. The number of carbonyl (C=O) groups excluding carboxylic acids is 7. The van der Waals surface area contributed by atoms with Crippen molar-refractivity contribution in [2.24, 2.45) is 22.7 Å². The number of halogens is 3. The van der Waals surface area contributed by atoms with Gasteiger partial charge in [-0.15, -0.1) is 11.3 Å². The number of alkyl halides is 1. The third kappa shape index (κ3) is 9.79. The fourth-order valence-corrected chi connectivity index (χ4v) is 13.6. The second-order valence-electron chi connectivity index (χ2n) is 19.1. The third-order valence-corrected chi connectivity index (χ3v) is 18.6. The maximum absolute atomic E-state index is 17.9. The Balaban J connectivity index is 0.905. The molecule has 0 spiro atoms. The van der Waals surface area contributed by atoms with Gasteiger partial charge in [-0.1, -0.05) is 30.7 Å². The molecular formula is C47H50Br2FN4O16PS. The molecule has 8 rings (SSSR count). The lowest BCUT2D eigenvalue weighted by Gasteiger charge is -2.62. The Labute approximate surface area is 431 Å². The Morgan fingerprint density at radius 3 is 2.36 bits per heavy atom. The molecule has 1 saturated heterocycles. The molecule has 4 aliphatic carbocycles. The number of hydrogen-bond donors (Lipinski definition) is 7. The second kappa shape index (κ2) is 20.2. The Morgan fingerprint density at radius 1 is 1.00 bits per heavy atom. The van der Waals surface area contributed by atoms with Gasteiger partial charge in [0.1, 0.15) is 21.6 Å². The van der Waals surface area contributed by atoms with E-state index in [0.29, 0.717) is 29.0 Å². The first kappa shape index (κ1) is 53.7. The van der Waals surface area contributed by atoms with Crippen LogP contribution in [0.1, 0.15) is 80.4 Å². The summed E-state index contributed by atoms with van der Waals surface area (Å²) in [5, 5.41) is 28.7. The van der Waals surface area contributed by atoms with Crippen LogP contribution in [0.2, 0.25) is 0 Å². The number of aliphatic hydroxyl groups excluding tert-OH is 1. The number of Topliss-reactive ketones (excluding diaryl/α,β-unsaturated/α-hetero) is 1. The topological polar surface area (TPSA) is 302 Å². The van der Waals surface area contributed by atoms with Crippen LogP contribution < -0.4 is 16.0 Å². The van der Waals surface area contributed by atoms with E-state index in [2.05, 4.69) is 47.8 Å². The Kier molecular flexibility index (Phi) is 15.1. The van der Waals surface area contributed by atoms with Crippen molar-refractivity contribution < 1.29 is 81.3 Å². The predicted octanol–water partition coefficient (Wildman–Crippen LogP) is 4.32. The van der Waals surface area contributed by atoms with E-state index in [0.717, 1.165) is 15.3 Å². The molecular weight excluding hydrogens is 1120 g/mol. The van der Waals surface area contributed by atoms with Gasteiger partial charge in [-0.05, 0) is 119 Å². The minimum absolute atomic E-state index is 0.0166. The number of aliphatic carboxylic acids is 1. The summed E-state index contributed by atoms with van der Waals surface area (Å²) in [5.41, 5.74) is -5.02. The number of allylic oxidation sites excluding steroid dienone is 4. The first-order chi connectivity index (χ1) is 33.8. The van der Waals surface area contributed by atoms with Crippen molar-refractivity contribution in [1.29, 1.82) is 0 Å². The normalized spacial score (nSPS) is 31.1. The van der Waals surface area contributed by atoms with Crippen LogP contribution in [-0.4, -0.2) is 121 Å². The van der Waals surface area contributed by atoms with E-state index in [-0.39, 0.29) is 53.4 Å². The monoisotopic (exact) mass is 1170 g/mol. The number of carboxylic acids is 1. The number of ether oxygens (including phenoxy) is 2. The number of amides is 5. The molecule has 72 heavy (non-hydrogen) atoms. The molecule has 5 amide bonds. The van der Waals surface area contributed by atoms with Gasteiger partial charge in [-0.2, -0.15) is 0 Å². The molecule has 2 aromatic rings. The van der Waals surface area contributed by atoms with Crippen LogP contribution in [0.4, 0.5) is 10.1 Å². The van der Waals surface area contributed by atoms with Gasteiger partial charge in [-0.25, -0.2) is 8.96 Å². The highest BCUT2D eigenvalue weighted by atomic mass is 79.9. The third-order valence-electron chi connectivity index (χ3n) is 15.0. The van der Waals surface area contributed by atoms with E-state index in [9.17, 15) is 62.9 Å². The molecule has 1 aromatic carbocycles. The van der Waals surface area contributed by atoms with E-state index in [4.69, 9.17) is 14.0 Å². The molecule has 0 bridgehead atoms. The number of phosphoric acid groups is 1. The van der Waals surface area contributed by atoms with Gasteiger partial charge < -0.3 is 45.4 Å². The van der Waals surface area contributed by atoms with E-state index in [1.165, 1.54) is 29.6 Å². The summed E-state index contributed by atoms with van der Waals surface area (Å²) in [4.78, 5) is 122. The van der Waals surface area contributed by atoms with Crippen molar-refractivity contribution in [3.05, 3.63) is 84.5 Å². The van der Waals surface area contributed by atoms with Crippen molar-refractivity contribution in [1.82, 2.24) is 15.5 Å². The number of fused-ring (bicyclic) bond motifs is 7. The quantitative estimate of drug-likeness (QED) is 0.0808. The Morgan fingerprint density at radius 2 is 1.69 bits per heavy atom. The van der Waals surface area contributed by atoms with Crippen LogP contribution in [0.25, 0.3) is 0 Å². The molecule has 3 saturated carbocycles. The van der Waals surface area contributed by atoms with E-state index in [1.807, 2.05) is 6.07 Å². The van der Waals surface area contributed by atoms with Gasteiger partial charge in [0.05, 0.1) is 23.6 Å². The van der Waals surface area contributed by atoms with Gasteiger partial charge in [0.25, 0.3) is 11.8 Å². The summed E-state index contributed by atoms with van der Waals surface area (Å²) in [6.07, 6.45) is 0.319. The average molecular weight is 1170 g/mol. The summed E-state index contributed by atoms with van der Waals surface area (Å²) in [5.74, 6) is -7.14. The number of ketones is 2. The summed E-state index contributed by atoms with van der Waals surface area (Å²) in [6.45, 7) is 1.52. The lowest BCUT2D eigenvalue weighted by Crippen LogP contribution is -2.69. The molecule has 3 heterocycles. The number of imide groups is 1. The van der Waals surface area contributed by atoms with Gasteiger partial charge in [0.15, 0.2) is 29.1 Å². The van der Waals surface area contributed by atoms with Crippen molar-refractivity contribution in [2.75, 3.05) is 25.0 Å².